The van der Waals surface area contributed by atoms with E-state index in [-0.39, 0.29) is 99.1 Å². The number of hydrogen-bond acceptors (Lipinski definition) is 19. The first-order chi connectivity index (χ1) is 60.3. The molecule has 19 nitrogen and oxygen atoms in total. The highest BCUT2D eigenvalue weighted by Crippen LogP contribution is 2.58. The average Bonchev–Trinajstić information content (AvgIpc) is 0.761. The summed E-state index contributed by atoms with van der Waals surface area (Å²) in [5.74, 6) is 0. The predicted molar refractivity (Wildman–Crippen MR) is 460 cm³/mol. The smallest absolute Gasteiger partial charge is 0.374 e. The van der Waals surface area contributed by atoms with Crippen LogP contribution in [0.15, 0.2) is 364 Å². The Kier molecular flexibility index (Phi) is 33.2. The van der Waals surface area contributed by atoms with Gasteiger partial charge in [-0.1, -0.05) is 364 Å². The Morgan fingerprint density at radius 3 is 0.484 bits per heavy atom. The molecule has 3 fully saturated rings. The molecule has 20 heteroatoms. The SMILES string of the molecule is O=P(OC1O[C@H](COCc2ccccc2)[C@@H](OCc2ccccc2)[C@H](OCc2ccccc2)[C@H]1OCc1ccccc1)(OC1O[C@H](COCc2ccccc2)[C@@H](OCc2ccccc2)[C@H](OCc2ccccc2)[C@H]1OCc1ccccc1)OC1O[C@H](COCc2ccccc2)[C@@H](OCc2ccccc2)[C@H](OCc2ccccc2)[C@H]1OCc1ccccc1. The fourth-order valence-corrected chi connectivity index (χ4v) is 16.4. The van der Waals surface area contributed by atoms with E-state index in [0.29, 0.717) is 0 Å². The summed E-state index contributed by atoms with van der Waals surface area (Å²) in [5.41, 5.74) is 10.3. The second kappa shape index (κ2) is 46.6. The van der Waals surface area contributed by atoms with E-state index >= 15 is 4.57 Å². The molecule has 122 heavy (non-hydrogen) atoms. The number of rotatable bonds is 45. The first-order valence-electron chi connectivity index (χ1n) is 41.7. The zero-order valence-electron chi connectivity index (χ0n) is 68.1. The van der Waals surface area contributed by atoms with Crippen LogP contribution in [0, 0.1) is 0 Å². The minimum Gasteiger partial charge on any atom is -0.374 e. The van der Waals surface area contributed by atoms with Crippen LogP contribution >= 0.6 is 7.82 Å². The van der Waals surface area contributed by atoms with Gasteiger partial charge >= 0.3 is 7.82 Å². The highest BCUT2D eigenvalue weighted by Gasteiger charge is 2.59. The second-order valence-corrected chi connectivity index (χ2v) is 31.8. The standard InChI is InChI=1S/C102H105O19P/c103-122(119-100-97(113-70-85-55-31-10-32-56-85)94(110-67-82-49-25-7-26-50-82)91(107-64-79-43-19-4-20-44-79)88(116-100)73-104-61-76-37-13-1-14-38-76,120-101-98(114-71-86-57-33-11-34-58-86)95(111-68-83-51-27-8-28-52-83)92(108-65-80-45-21-5-22-46-80)89(117-101)74-105-62-77-39-15-2-16-40-77)121-102-99(115-72-87-59-35-12-36-60-87)96(112-69-84-53-29-9-30-54-84)93(109-66-81-47-23-6-24-48-81)90(118-102)75-106-63-78-41-17-3-18-42-78/h1-60,88-102H,61-75H2/t88-,89-,90-,91-,92-,93-,94+,95+,96+,97-,98-,99-,100?,101?,102?,122?/m1/s1. The van der Waals surface area contributed by atoms with Crippen molar-refractivity contribution in [3.05, 3.63) is 431 Å². The lowest BCUT2D eigenvalue weighted by atomic mass is 9.98. The lowest BCUT2D eigenvalue weighted by Crippen LogP contribution is -2.63. The summed E-state index contributed by atoms with van der Waals surface area (Å²) in [6.45, 7) is 0.643. The largest absolute Gasteiger partial charge is 0.482 e. The third-order valence-corrected chi connectivity index (χ3v) is 22.6. The topological polar surface area (TPSA) is 183 Å². The molecule has 3 heterocycles. The van der Waals surface area contributed by atoms with Gasteiger partial charge in [0.25, 0.3) is 0 Å². The van der Waals surface area contributed by atoms with Crippen LogP contribution in [0.25, 0.3) is 0 Å². The van der Waals surface area contributed by atoms with Gasteiger partial charge in [0.1, 0.15) is 73.2 Å². The normalized spacial score (nSPS) is 23.3. The average molecular weight is 1670 g/mol. The molecular formula is C102H105O19P. The van der Waals surface area contributed by atoms with Gasteiger partial charge in [-0.15, -0.1) is 0 Å². The first-order valence-corrected chi connectivity index (χ1v) is 43.2. The number of ether oxygens (including phenoxy) is 15. The van der Waals surface area contributed by atoms with Crippen molar-refractivity contribution in [2.24, 2.45) is 0 Å². The maximum atomic E-state index is 18.6. The predicted octanol–water partition coefficient (Wildman–Crippen LogP) is 19.2. The van der Waals surface area contributed by atoms with Gasteiger partial charge < -0.3 is 71.1 Å². The van der Waals surface area contributed by atoms with Crippen molar-refractivity contribution in [1.29, 1.82) is 0 Å². The van der Waals surface area contributed by atoms with Gasteiger partial charge in [0.15, 0.2) is 18.9 Å². The van der Waals surface area contributed by atoms with E-state index in [0.717, 1.165) is 66.8 Å². The zero-order chi connectivity index (χ0) is 82.8. The highest BCUT2D eigenvalue weighted by molar-refractivity contribution is 7.48. The Bertz CT molecular complexity index is 4430. The van der Waals surface area contributed by atoms with Crippen molar-refractivity contribution in [2.45, 2.75) is 171 Å². The van der Waals surface area contributed by atoms with E-state index in [9.17, 15) is 0 Å². The summed E-state index contributed by atoms with van der Waals surface area (Å²) in [5, 5.41) is 0. The molecule has 0 radical (unpaired) electrons. The molecule has 0 spiro atoms. The van der Waals surface area contributed by atoms with E-state index in [1.54, 1.807) is 0 Å². The molecule has 3 unspecified atom stereocenters. The van der Waals surface area contributed by atoms with Gasteiger partial charge in [-0.25, -0.2) is 4.57 Å². The lowest BCUT2D eigenvalue weighted by molar-refractivity contribution is -0.336. The van der Waals surface area contributed by atoms with Crippen molar-refractivity contribution in [3.63, 3.8) is 0 Å². The van der Waals surface area contributed by atoms with Crippen LogP contribution in [0.1, 0.15) is 66.8 Å². The first kappa shape index (κ1) is 87.1. The molecule has 3 aliphatic rings. The Balaban J connectivity index is 0.905. The summed E-state index contributed by atoms with van der Waals surface area (Å²) in [7, 11) is -5.71. The molecule has 632 valence electrons. The Hall–Kier alpha value is -9.85. The molecule has 3 aliphatic heterocycles. The van der Waals surface area contributed by atoms with Gasteiger partial charge in [0, 0.05) is 0 Å². The van der Waals surface area contributed by atoms with Gasteiger partial charge in [0.2, 0.25) is 0 Å². The van der Waals surface area contributed by atoms with Gasteiger partial charge in [-0.2, -0.15) is 0 Å². The Morgan fingerprint density at radius 2 is 0.320 bits per heavy atom. The third kappa shape index (κ3) is 26.1. The number of hydrogen-bond donors (Lipinski definition) is 0. The van der Waals surface area contributed by atoms with Crippen molar-refractivity contribution in [3.8, 4) is 0 Å². The molecule has 3 saturated heterocycles. The van der Waals surface area contributed by atoms with Crippen molar-refractivity contribution in [2.75, 3.05) is 19.8 Å². The number of phosphoric acid groups is 1. The summed E-state index contributed by atoms with van der Waals surface area (Å²) >= 11 is 0. The van der Waals surface area contributed by atoms with E-state index in [2.05, 4.69) is 0 Å². The summed E-state index contributed by atoms with van der Waals surface area (Å²) in [6, 6.07) is 118. The van der Waals surface area contributed by atoms with Crippen molar-refractivity contribution < 1.29 is 89.2 Å². The highest BCUT2D eigenvalue weighted by atomic mass is 31.2. The van der Waals surface area contributed by atoms with Crippen LogP contribution in [0.4, 0.5) is 0 Å². The van der Waals surface area contributed by atoms with E-state index in [1.165, 1.54) is 0 Å². The molecule has 15 atom stereocenters. The lowest BCUT2D eigenvalue weighted by Gasteiger charge is -2.49. The third-order valence-electron chi connectivity index (χ3n) is 21.2. The minimum atomic E-state index is -5.71. The Labute approximate surface area is 715 Å². The molecule has 12 aromatic rings. The van der Waals surface area contributed by atoms with Crippen molar-refractivity contribution in [1.82, 2.24) is 0 Å². The molecule has 0 N–H and O–H groups in total. The van der Waals surface area contributed by atoms with Crippen LogP contribution in [-0.2, 0) is 168 Å². The van der Waals surface area contributed by atoms with Crippen LogP contribution < -0.4 is 0 Å². The fourth-order valence-electron chi connectivity index (χ4n) is 15.0. The van der Waals surface area contributed by atoms with E-state index in [1.807, 2.05) is 364 Å². The second-order valence-electron chi connectivity index (χ2n) is 30.2. The van der Waals surface area contributed by atoms with Gasteiger partial charge in [0.05, 0.1) is 99.1 Å². The Morgan fingerprint density at radius 1 is 0.180 bits per heavy atom. The van der Waals surface area contributed by atoms with E-state index in [4.69, 9.17) is 84.6 Å². The minimum absolute atomic E-state index is 0.0281. The van der Waals surface area contributed by atoms with Gasteiger partial charge in [-0.3, -0.25) is 13.6 Å². The maximum absolute atomic E-state index is 18.6. The van der Waals surface area contributed by atoms with Crippen LogP contribution in [0.3, 0.4) is 0 Å². The molecule has 15 rings (SSSR count). The quantitative estimate of drug-likeness (QED) is 0.0328. The van der Waals surface area contributed by atoms with Crippen molar-refractivity contribution >= 4 is 7.82 Å². The number of benzene rings is 12. The number of phosphoric ester groups is 1. The monoisotopic (exact) mass is 1660 g/mol. The summed E-state index contributed by atoms with van der Waals surface area (Å²) < 4.78 is 150. The zero-order valence-corrected chi connectivity index (χ0v) is 69.0. The summed E-state index contributed by atoms with van der Waals surface area (Å²) in [6.07, 6.45) is -18.9. The molecule has 0 bridgehead atoms. The molecule has 0 aliphatic carbocycles. The molecule has 12 aromatic carbocycles. The van der Waals surface area contributed by atoms with Crippen LogP contribution in [-0.4, -0.2) is 112 Å². The molecular weight excluding hydrogens is 1560 g/mol. The van der Waals surface area contributed by atoms with Gasteiger partial charge in [-0.05, 0) is 66.8 Å². The molecule has 0 amide bonds. The summed E-state index contributed by atoms with van der Waals surface area (Å²) in [4.78, 5) is 0. The molecule has 0 saturated carbocycles. The maximum Gasteiger partial charge on any atom is 0.482 e. The van der Waals surface area contributed by atoms with Crippen LogP contribution in [0.5, 0.6) is 0 Å². The van der Waals surface area contributed by atoms with Crippen LogP contribution in [0.2, 0.25) is 0 Å². The fraction of sp³-hybridized carbons (Fsp3) is 0.294. The van der Waals surface area contributed by atoms with E-state index < -0.39 is 99.9 Å². The molecule has 0 aromatic heterocycles.